The van der Waals surface area contributed by atoms with Gasteiger partial charge in [-0.1, -0.05) is 11.6 Å². The van der Waals surface area contributed by atoms with Crippen LogP contribution < -0.4 is 0 Å². The Morgan fingerprint density at radius 1 is 1.30 bits per heavy atom. The summed E-state index contributed by atoms with van der Waals surface area (Å²) < 4.78 is 0. The molecule has 1 aromatic carbocycles. The van der Waals surface area contributed by atoms with E-state index in [0.717, 1.165) is 15.5 Å². The Labute approximate surface area is 71.6 Å². The third-order valence-electron chi connectivity index (χ3n) is 1.59. The molecule has 1 rings (SSSR count). The molecule has 0 aliphatic carbocycles. The number of halogens is 1. The lowest BCUT2D eigenvalue weighted by molar-refractivity contribution is 1.28. The molecule has 0 heterocycles. The van der Waals surface area contributed by atoms with Gasteiger partial charge in [0.15, 0.2) is 0 Å². The third-order valence-corrected chi connectivity index (χ3v) is 2.24. The van der Waals surface area contributed by atoms with Gasteiger partial charge in [0.05, 0.1) is 0 Å². The molecule has 0 fully saturated rings. The van der Waals surface area contributed by atoms with Crippen LogP contribution in [0.1, 0.15) is 11.1 Å². The van der Waals surface area contributed by atoms with Crippen LogP contribution in [0.3, 0.4) is 0 Å². The molecule has 0 aliphatic rings. The molecule has 54 valence electrons. The van der Waals surface area contributed by atoms with E-state index >= 15 is 0 Å². The van der Waals surface area contributed by atoms with E-state index < -0.39 is 0 Å². The van der Waals surface area contributed by atoms with E-state index in [0.29, 0.717) is 0 Å². The van der Waals surface area contributed by atoms with E-state index in [-0.39, 0.29) is 0 Å². The van der Waals surface area contributed by atoms with Crippen molar-refractivity contribution >= 4 is 24.2 Å². The SMILES string of the molecule is Cc1cc(S)cc(Cl)c1C. The number of benzene rings is 1. The maximum atomic E-state index is 5.87. The van der Waals surface area contributed by atoms with Gasteiger partial charge in [0.1, 0.15) is 0 Å². The van der Waals surface area contributed by atoms with Gasteiger partial charge < -0.3 is 0 Å². The van der Waals surface area contributed by atoms with Crippen molar-refractivity contribution in [2.24, 2.45) is 0 Å². The van der Waals surface area contributed by atoms with Gasteiger partial charge in [0.25, 0.3) is 0 Å². The van der Waals surface area contributed by atoms with Gasteiger partial charge >= 0.3 is 0 Å². The summed E-state index contributed by atoms with van der Waals surface area (Å²) in [6.07, 6.45) is 0. The lowest BCUT2D eigenvalue weighted by Crippen LogP contribution is -1.81. The van der Waals surface area contributed by atoms with Gasteiger partial charge in [-0.2, -0.15) is 0 Å². The van der Waals surface area contributed by atoms with E-state index in [4.69, 9.17) is 11.6 Å². The van der Waals surface area contributed by atoms with Crippen molar-refractivity contribution < 1.29 is 0 Å². The fourth-order valence-electron chi connectivity index (χ4n) is 0.798. The summed E-state index contributed by atoms with van der Waals surface area (Å²) in [5.41, 5.74) is 2.33. The quantitative estimate of drug-likeness (QED) is 0.571. The summed E-state index contributed by atoms with van der Waals surface area (Å²) in [4.78, 5) is 0.924. The second-order valence-electron chi connectivity index (χ2n) is 2.37. The topological polar surface area (TPSA) is 0 Å². The van der Waals surface area contributed by atoms with Gasteiger partial charge in [0, 0.05) is 9.92 Å². The van der Waals surface area contributed by atoms with Crippen LogP contribution in [0.25, 0.3) is 0 Å². The maximum absolute atomic E-state index is 5.87. The molecular formula is C8H9ClS. The molecule has 0 amide bonds. The lowest BCUT2D eigenvalue weighted by atomic mass is 10.1. The second kappa shape index (κ2) is 2.85. The van der Waals surface area contributed by atoms with Crippen molar-refractivity contribution in [2.75, 3.05) is 0 Å². The summed E-state index contributed by atoms with van der Waals surface area (Å²) in [6.45, 7) is 4.03. The first-order valence-electron chi connectivity index (χ1n) is 3.07. The fourth-order valence-corrected chi connectivity index (χ4v) is 1.46. The molecular weight excluding hydrogens is 164 g/mol. The molecule has 0 aromatic heterocycles. The van der Waals surface area contributed by atoms with Gasteiger partial charge in [-0.05, 0) is 37.1 Å². The minimum Gasteiger partial charge on any atom is -0.143 e. The molecule has 0 bridgehead atoms. The van der Waals surface area contributed by atoms with Crippen LogP contribution in [-0.4, -0.2) is 0 Å². The Balaban J connectivity index is 3.31. The smallest absolute Gasteiger partial charge is 0.0448 e. The molecule has 0 radical (unpaired) electrons. The number of rotatable bonds is 0. The van der Waals surface area contributed by atoms with E-state index in [1.54, 1.807) is 0 Å². The highest BCUT2D eigenvalue weighted by atomic mass is 35.5. The number of hydrogen-bond donors (Lipinski definition) is 1. The van der Waals surface area contributed by atoms with E-state index in [1.165, 1.54) is 5.56 Å². The molecule has 0 saturated carbocycles. The van der Waals surface area contributed by atoms with Gasteiger partial charge in [0.2, 0.25) is 0 Å². The van der Waals surface area contributed by atoms with Crippen LogP contribution in [0.2, 0.25) is 5.02 Å². The number of hydrogen-bond acceptors (Lipinski definition) is 1. The van der Waals surface area contributed by atoms with E-state index in [9.17, 15) is 0 Å². The highest BCUT2D eigenvalue weighted by Crippen LogP contribution is 2.22. The van der Waals surface area contributed by atoms with Crippen LogP contribution in [0.15, 0.2) is 17.0 Å². The van der Waals surface area contributed by atoms with Crippen LogP contribution in [0.5, 0.6) is 0 Å². The lowest BCUT2D eigenvalue weighted by Gasteiger charge is -2.02. The van der Waals surface area contributed by atoms with Crippen molar-refractivity contribution in [3.63, 3.8) is 0 Å². The molecule has 2 heteroatoms. The fraction of sp³-hybridized carbons (Fsp3) is 0.250. The average Bonchev–Trinajstić information content (AvgIpc) is 1.82. The first-order valence-corrected chi connectivity index (χ1v) is 3.89. The molecule has 10 heavy (non-hydrogen) atoms. The van der Waals surface area contributed by atoms with Gasteiger partial charge in [-0.25, -0.2) is 0 Å². The first-order chi connectivity index (χ1) is 4.61. The number of thiol groups is 1. The second-order valence-corrected chi connectivity index (χ2v) is 3.29. The zero-order chi connectivity index (χ0) is 7.72. The minimum absolute atomic E-state index is 0.796. The predicted octanol–water partition coefficient (Wildman–Crippen LogP) is 3.25. The normalized spacial score (nSPS) is 10.0. The van der Waals surface area contributed by atoms with E-state index in [1.807, 2.05) is 26.0 Å². The summed E-state index contributed by atoms with van der Waals surface area (Å²) in [5.74, 6) is 0. The Morgan fingerprint density at radius 2 is 1.90 bits per heavy atom. The predicted molar refractivity (Wildman–Crippen MR) is 48.2 cm³/mol. The molecule has 0 saturated heterocycles. The van der Waals surface area contributed by atoms with Gasteiger partial charge in [-0.15, -0.1) is 12.6 Å². The van der Waals surface area contributed by atoms with E-state index in [2.05, 4.69) is 12.6 Å². The Morgan fingerprint density at radius 3 is 2.40 bits per heavy atom. The van der Waals surface area contributed by atoms with Gasteiger partial charge in [-0.3, -0.25) is 0 Å². The Kier molecular flexibility index (Phi) is 2.27. The molecule has 0 atom stereocenters. The number of aryl methyl sites for hydroxylation is 1. The monoisotopic (exact) mass is 172 g/mol. The maximum Gasteiger partial charge on any atom is 0.0448 e. The van der Waals surface area contributed by atoms with Crippen molar-refractivity contribution in [2.45, 2.75) is 18.7 Å². The van der Waals surface area contributed by atoms with Crippen LogP contribution in [0.4, 0.5) is 0 Å². The standard InChI is InChI=1S/C8H9ClS/c1-5-3-7(10)4-8(9)6(5)2/h3-4,10H,1-2H3. The molecule has 0 aliphatic heterocycles. The summed E-state index contributed by atoms with van der Waals surface area (Å²) in [7, 11) is 0. The zero-order valence-corrected chi connectivity index (χ0v) is 7.63. The molecule has 0 spiro atoms. The summed E-state index contributed by atoms with van der Waals surface area (Å²) >= 11 is 10.1. The van der Waals surface area contributed by atoms with Crippen molar-refractivity contribution in [3.8, 4) is 0 Å². The van der Waals surface area contributed by atoms with Crippen LogP contribution in [0, 0.1) is 13.8 Å². The molecule has 1 aromatic rings. The molecule has 0 nitrogen and oxygen atoms in total. The zero-order valence-electron chi connectivity index (χ0n) is 5.98. The van der Waals surface area contributed by atoms with Crippen LogP contribution in [-0.2, 0) is 0 Å². The largest absolute Gasteiger partial charge is 0.143 e. The van der Waals surface area contributed by atoms with Crippen molar-refractivity contribution in [1.29, 1.82) is 0 Å². The first kappa shape index (κ1) is 7.96. The highest BCUT2D eigenvalue weighted by molar-refractivity contribution is 7.80. The molecule has 0 unspecified atom stereocenters. The highest BCUT2D eigenvalue weighted by Gasteiger charge is 1.98. The molecule has 0 N–H and O–H groups in total. The third kappa shape index (κ3) is 1.47. The Bertz CT molecular complexity index is 232. The van der Waals surface area contributed by atoms with Crippen LogP contribution >= 0.6 is 24.2 Å². The van der Waals surface area contributed by atoms with Crippen molar-refractivity contribution in [3.05, 3.63) is 28.3 Å². The minimum atomic E-state index is 0.796. The van der Waals surface area contributed by atoms with Crippen molar-refractivity contribution in [1.82, 2.24) is 0 Å². The average molecular weight is 173 g/mol. The summed E-state index contributed by atoms with van der Waals surface area (Å²) in [6, 6.07) is 3.86. The Hall–Kier alpha value is -0.140. The summed E-state index contributed by atoms with van der Waals surface area (Å²) in [5, 5.41) is 0.796.